The van der Waals surface area contributed by atoms with Crippen LogP contribution in [0.5, 0.6) is 0 Å². The van der Waals surface area contributed by atoms with Crippen molar-refractivity contribution in [1.82, 2.24) is 5.16 Å². The molecule has 0 bridgehead atoms. The van der Waals surface area contributed by atoms with Crippen molar-refractivity contribution in [3.05, 3.63) is 76.9 Å². The topological polar surface area (TPSA) is 67.5 Å². The van der Waals surface area contributed by atoms with E-state index in [2.05, 4.69) is 15.5 Å². The normalized spacial score (nSPS) is 12.3. The Morgan fingerprint density at radius 1 is 1.23 bits per heavy atom. The highest BCUT2D eigenvalue weighted by molar-refractivity contribution is 6.30. The molecular weight excluding hydrogens is 357 g/mol. The predicted octanol–water partition coefficient (Wildman–Crippen LogP) is 4.90. The molecule has 1 N–H and O–H groups in total. The number of hydrogen-bond acceptors (Lipinski definition) is 4. The first kappa shape index (κ1) is 17.8. The summed E-state index contributed by atoms with van der Waals surface area (Å²) in [5, 5.41) is 7.28. The monoisotopic (exact) mass is 371 g/mol. The number of aryl methyl sites for hydroxylation is 1. The summed E-state index contributed by atoms with van der Waals surface area (Å²) in [6.45, 7) is 1.74. The minimum Gasteiger partial charge on any atom is -0.361 e. The molecule has 0 spiro atoms. The number of hydrogen-bond donors (Lipinski definition) is 1. The van der Waals surface area contributed by atoms with E-state index in [1.54, 1.807) is 37.3 Å². The molecule has 26 heavy (non-hydrogen) atoms. The molecule has 2 aromatic carbocycles. The highest BCUT2D eigenvalue weighted by Gasteiger charge is 2.22. The molecule has 1 atom stereocenters. The van der Waals surface area contributed by atoms with E-state index in [0.717, 1.165) is 0 Å². The fraction of sp³-hybridized carbons (Fsp3) is 0.105. The summed E-state index contributed by atoms with van der Waals surface area (Å²) in [7, 11) is 0. The van der Waals surface area contributed by atoms with Crippen molar-refractivity contribution in [3.8, 4) is 0 Å². The van der Waals surface area contributed by atoms with Crippen LogP contribution in [0.25, 0.3) is 0 Å². The number of anilines is 1. The van der Waals surface area contributed by atoms with Crippen LogP contribution in [-0.2, 0) is 4.79 Å². The van der Waals surface area contributed by atoms with Gasteiger partial charge in [-0.2, -0.15) is 0 Å². The van der Waals surface area contributed by atoms with E-state index < -0.39 is 5.92 Å². The Morgan fingerprint density at radius 3 is 2.54 bits per heavy atom. The van der Waals surface area contributed by atoms with E-state index in [-0.39, 0.29) is 11.7 Å². The van der Waals surface area contributed by atoms with Crippen molar-refractivity contribution in [2.75, 3.05) is 5.32 Å². The fourth-order valence-corrected chi connectivity index (χ4v) is 2.38. The predicted molar refractivity (Wildman–Crippen MR) is 98.6 cm³/mol. The first-order chi connectivity index (χ1) is 12.5. The Bertz CT molecular complexity index is 921. The Hall–Kier alpha value is -2.99. The number of halogens is 2. The lowest BCUT2D eigenvalue weighted by molar-refractivity contribution is -0.116. The van der Waals surface area contributed by atoms with Gasteiger partial charge in [0.25, 0.3) is 0 Å². The molecule has 0 saturated heterocycles. The molecule has 5 nitrogen and oxygen atoms in total. The van der Waals surface area contributed by atoms with E-state index in [1.165, 1.54) is 30.5 Å². The van der Waals surface area contributed by atoms with Crippen LogP contribution in [-0.4, -0.2) is 17.3 Å². The van der Waals surface area contributed by atoms with E-state index in [0.29, 0.717) is 27.9 Å². The number of nitrogens with zero attached hydrogens (tertiary/aromatic N) is 2. The van der Waals surface area contributed by atoms with Gasteiger partial charge in [0, 0.05) is 23.0 Å². The average Bonchev–Trinajstić information content (AvgIpc) is 3.05. The van der Waals surface area contributed by atoms with Gasteiger partial charge in [0.2, 0.25) is 5.91 Å². The summed E-state index contributed by atoms with van der Waals surface area (Å²) in [6, 6.07) is 14.1. The van der Waals surface area contributed by atoms with Gasteiger partial charge in [-0.1, -0.05) is 16.8 Å². The summed E-state index contributed by atoms with van der Waals surface area (Å²) in [5.41, 5.74) is 1.55. The third-order valence-corrected chi connectivity index (χ3v) is 3.81. The maximum absolute atomic E-state index is 13.0. The summed E-state index contributed by atoms with van der Waals surface area (Å²) < 4.78 is 18.1. The lowest BCUT2D eigenvalue weighted by atomic mass is 10.1. The maximum Gasteiger partial charge on any atom is 0.239 e. The maximum atomic E-state index is 13.0. The molecule has 7 heteroatoms. The molecule has 0 aliphatic rings. The Kier molecular flexibility index (Phi) is 5.43. The van der Waals surface area contributed by atoms with Gasteiger partial charge in [-0.15, -0.1) is 0 Å². The molecule has 1 unspecified atom stereocenters. The molecule has 132 valence electrons. The van der Waals surface area contributed by atoms with Gasteiger partial charge in [-0.05, 0) is 55.5 Å². The molecule has 3 aromatic rings. The van der Waals surface area contributed by atoms with Crippen molar-refractivity contribution in [3.63, 3.8) is 0 Å². The third kappa shape index (κ3) is 4.55. The van der Waals surface area contributed by atoms with Gasteiger partial charge in [0.05, 0.1) is 5.69 Å². The second-order valence-corrected chi connectivity index (χ2v) is 6.03. The molecule has 0 fully saturated rings. The highest BCUT2D eigenvalue weighted by atomic mass is 35.5. The minimum atomic E-state index is -0.770. The highest BCUT2D eigenvalue weighted by Crippen LogP contribution is 2.20. The lowest BCUT2D eigenvalue weighted by Gasteiger charge is -2.10. The minimum absolute atomic E-state index is 0.327. The van der Waals surface area contributed by atoms with Gasteiger partial charge < -0.3 is 9.84 Å². The number of amides is 1. The van der Waals surface area contributed by atoms with E-state index in [4.69, 9.17) is 16.1 Å². The van der Waals surface area contributed by atoms with Crippen LogP contribution in [0.2, 0.25) is 5.02 Å². The molecule has 0 saturated carbocycles. The van der Waals surface area contributed by atoms with Crippen LogP contribution < -0.4 is 5.32 Å². The van der Waals surface area contributed by atoms with Gasteiger partial charge >= 0.3 is 0 Å². The first-order valence-corrected chi connectivity index (χ1v) is 8.18. The molecule has 1 aromatic heterocycles. The Labute approximate surface area is 154 Å². The average molecular weight is 372 g/mol. The summed E-state index contributed by atoms with van der Waals surface area (Å²) in [6.07, 6.45) is 1.45. The Balaban J connectivity index is 1.84. The smallest absolute Gasteiger partial charge is 0.239 e. The van der Waals surface area contributed by atoms with Crippen LogP contribution in [0.1, 0.15) is 17.4 Å². The lowest BCUT2D eigenvalue weighted by Crippen LogP contribution is -2.22. The zero-order chi connectivity index (χ0) is 18.5. The Morgan fingerprint density at radius 2 is 1.92 bits per heavy atom. The van der Waals surface area contributed by atoms with Crippen molar-refractivity contribution in [2.45, 2.75) is 12.8 Å². The molecule has 0 radical (unpaired) electrons. The van der Waals surface area contributed by atoms with Gasteiger partial charge in [-0.25, -0.2) is 4.39 Å². The molecule has 1 amide bonds. The van der Waals surface area contributed by atoms with Crippen molar-refractivity contribution < 1.29 is 13.7 Å². The van der Waals surface area contributed by atoms with Crippen molar-refractivity contribution >= 4 is 35.1 Å². The zero-order valence-electron chi connectivity index (χ0n) is 13.8. The number of aromatic nitrogens is 1. The van der Waals surface area contributed by atoms with Crippen LogP contribution in [0.15, 0.2) is 64.1 Å². The van der Waals surface area contributed by atoms with E-state index in [1.807, 2.05) is 0 Å². The van der Waals surface area contributed by atoms with E-state index in [9.17, 15) is 9.18 Å². The van der Waals surface area contributed by atoms with Crippen LogP contribution in [0.3, 0.4) is 0 Å². The summed E-state index contributed by atoms with van der Waals surface area (Å²) >= 11 is 5.86. The van der Waals surface area contributed by atoms with Crippen LogP contribution in [0.4, 0.5) is 15.8 Å². The van der Waals surface area contributed by atoms with Gasteiger partial charge in [0.15, 0.2) is 0 Å². The second-order valence-electron chi connectivity index (χ2n) is 5.59. The number of carbonyl (C=O) groups excluding carboxylic acids is 1. The number of nitrogens with one attached hydrogen (secondary N) is 1. The number of rotatable bonds is 5. The standard InChI is InChI=1S/C19H15ClFN3O2/c1-12-10-18(24-26-12)17(11-22-15-8-4-14(21)5-9-15)19(25)23-16-6-2-13(20)3-7-16/h2-11,17H,1H3,(H,23,25). The van der Waals surface area contributed by atoms with Crippen LogP contribution >= 0.6 is 11.6 Å². The van der Waals surface area contributed by atoms with Crippen LogP contribution in [0, 0.1) is 12.7 Å². The summed E-state index contributed by atoms with van der Waals surface area (Å²) in [4.78, 5) is 17.0. The number of benzene rings is 2. The van der Waals surface area contributed by atoms with Gasteiger partial charge in [-0.3, -0.25) is 9.79 Å². The molecule has 0 aliphatic carbocycles. The summed E-state index contributed by atoms with van der Waals surface area (Å²) in [5.74, 6) is -0.868. The number of aliphatic imine (C=N–C) groups is 1. The van der Waals surface area contributed by atoms with Crippen molar-refractivity contribution in [2.24, 2.45) is 4.99 Å². The second kappa shape index (κ2) is 7.93. The largest absolute Gasteiger partial charge is 0.361 e. The fourth-order valence-electron chi connectivity index (χ4n) is 2.25. The van der Waals surface area contributed by atoms with Crippen molar-refractivity contribution in [1.29, 1.82) is 0 Å². The number of carbonyl (C=O) groups is 1. The van der Waals surface area contributed by atoms with Gasteiger partial charge in [0.1, 0.15) is 23.2 Å². The molecule has 1 heterocycles. The SMILES string of the molecule is Cc1cc(C(C=Nc2ccc(F)cc2)C(=O)Nc2ccc(Cl)cc2)no1. The zero-order valence-corrected chi connectivity index (χ0v) is 14.6. The quantitative estimate of drug-likeness (QED) is 0.648. The molecule has 0 aliphatic heterocycles. The third-order valence-electron chi connectivity index (χ3n) is 3.56. The van der Waals surface area contributed by atoms with E-state index >= 15 is 0 Å². The first-order valence-electron chi connectivity index (χ1n) is 7.80. The molecule has 3 rings (SSSR count). The molecular formula is C19H15ClFN3O2.